The minimum Gasteiger partial charge on any atom is -0.502 e. The van der Waals surface area contributed by atoms with Crippen molar-refractivity contribution in [2.45, 2.75) is 15.5 Å². The van der Waals surface area contributed by atoms with Gasteiger partial charge in [0.05, 0.1) is 26.2 Å². The van der Waals surface area contributed by atoms with Gasteiger partial charge in [-0.15, -0.1) is 0 Å². The van der Waals surface area contributed by atoms with Crippen LogP contribution in [-0.2, 0) is 20.4 Å². The zero-order chi connectivity index (χ0) is 24.6. The molecule has 0 spiro atoms. The van der Waals surface area contributed by atoms with Crippen LogP contribution in [0.15, 0.2) is 78.2 Å². The van der Waals surface area contributed by atoms with Gasteiger partial charge in [0.2, 0.25) is 0 Å². The Morgan fingerprint density at radius 1 is 1.09 bits per heavy atom. The lowest BCUT2D eigenvalue weighted by Gasteiger charge is -2.19. The first kappa shape index (κ1) is 24.5. The molecule has 1 aliphatic rings. The van der Waals surface area contributed by atoms with E-state index >= 15 is 0 Å². The number of phenolic OH excluding ortho intramolecular Hbond substituents is 1. The number of nitro groups is 1. The predicted molar refractivity (Wildman–Crippen MR) is 136 cm³/mol. The number of carbonyl (C=O) groups excluding carboxylic acids is 1. The number of thioether (sulfide) groups is 1. The zero-order valence-electron chi connectivity index (χ0n) is 17.0. The van der Waals surface area contributed by atoms with E-state index in [1.807, 2.05) is 0 Å². The maximum absolute atomic E-state index is 13.0. The van der Waals surface area contributed by atoms with Crippen molar-refractivity contribution in [1.29, 1.82) is 0 Å². The van der Waals surface area contributed by atoms with Crippen molar-refractivity contribution in [2.75, 3.05) is 5.32 Å². The number of nitro benzene ring substituents is 1. The smallest absolute Gasteiger partial charge is 0.311 e. The lowest BCUT2D eigenvalue weighted by atomic mass is 10.1. The van der Waals surface area contributed by atoms with Crippen LogP contribution in [0.2, 0.25) is 0 Å². The fourth-order valence-electron chi connectivity index (χ4n) is 3.20. The maximum atomic E-state index is 13.0. The normalized spacial score (nSPS) is 14.5. The Balaban J connectivity index is 1.62. The summed E-state index contributed by atoms with van der Waals surface area (Å²) >= 11 is 7.87. The van der Waals surface area contributed by atoms with E-state index in [0.717, 1.165) is 11.8 Å². The van der Waals surface area contributed by atoms with Crippen molar-refractivity contribution < 1.29 is 23.2 Å². The first-order valence-corrected chi connectivity index (χ1v) is 13.6. The SMILES string of the molecule is O=C1Nc2cc(S(=O)(=O)Cc3c(Br)cccc3Br)ccc2S/C1=C\c1ccc(O)c([N+](=O)[O-])c1. The van der Waals surface area contributed by atoms with Crippen molar-refractivity contribution in [3.63, 3.8) is 0 Å². The quantitative estimate of drug-likeness (QED) is 0.206. The van der Waals surface area contributed by atoms with Gasteiger partial charge >= 0.3 is 5.69 Å². The number of anilines is 1. The van der Waals surface area contributed by atoms with Gasteiger partial charge in [-0.25, -0.2) is 8.42 Å². The highest BCUT2D eigenvalue weighted by molar-refractivity contribution is 9.11. The minimum absolute atomic E-state index is 0.0661. The van der Waals surface area contributed by atoms with Crippen LogP contribution in [0.25, 0.3) is 6.08 Å². The monoisotopic (exact) mass is 624 g/mol. The number of nitrogens with one attached hydrogen (secondary N) is 1. The number of hydrogen-bond donors (Lipinski definition) is 2. The lowest BCUT2D eigenvalue weighted by Crippen LogP contribution is -2.18. The molecule has 0 radical (unpaired) electrons. The number of benzene rings is 3. The molecule has 1 heterocycles. The topological polar surface area (TPSA) is 127 Å². The summed E-state index contributed by atoms with van der Waals surface area (Å²) in [6.07, 6.45) is 1.46. The average molecular weight is 626 g/mol. The second-order valence-corrected chi connectivity index (χ2v) is 12.0. The minimum atomic E-state index is -3.71. The molecule has 2 N–H and O–H groups in total. The fourth-order valence-corrected chi connectivity index (χ4v) is 7.22. The Bertz CT molecular complexity index is 1470. The van der Waals surface area contributed by atoms with Crippen LogP contribution in [0, 0.1) is 10.1 Å². The molecule has 1 amide bonds. The molecule has 174 valence electrons. The van der Waals surface area contributed by atoms with Crippen LogP contribution in [0.3, 0.4) is 0 Å². The van der Waals surface area contributed by atoms with E-state index in [2.05, 4.69) is 37.2 Å². The van der Waals surface area contributed by atoms with Crippen LogP contribution >= 0.6 is 43.6 Å². The van der Waals surface area contributed by atoms with Gasteiger partial charge in [0.25, 0.3) is 5.91 Å². The van der Waals surface area contributed by atoms with Gasteiger partial charge in [0.15, 0.2) is 15.6 Å². The van der Waals surface area contributed by atoms with Gasteiger partial charge in [-0.05, 0) is 53.6 Å². The molecule has 1 aliphatic heterocycles. The highest BCUT2D eigenvalue weighted by Gasteiger charge is 2.25. The number of rotatable bonds is 5. The summed E-state index contributed by atoms with van der Waals surface area (Å²) in [4.78, 5) is 23.9. The summed E-state index contributed by atoms with van der Waals surface area (Å²) in [5.74, 6) is -1.18. The molecule has 8 nitrogen and oxygen atoms in total. The zero-order valence-corrected chi connectivity index (χ0v) is 21.8. The Kier molecular flexibility index (Phi) is 6.85. The largest absolute Gasteiger partial charge is 0.502 e. The van der Waals surface area contributed by atoms with E-state index in [-0.39, 0.29) is 15.6 Å². The molecule has 0 saturated heterocycles. The van der Waals surface area contributed by atoms with E-state index < -0.39 is 32.1 Å². The van der Waals surface area contributed by atoms with E-state index in [9.17, 15) is 28.4 Å². The number of carbonyl (C=O) groups is 1. The number of halogens is 2. The van der Waals surface area contributed by atoms with Crippen LogP contribution in [0.5, 0.6) is 5.75 Å². The molecule has 4 rings (SSSR count). The van der Waals surface area contributed by atoms with Crippen molar-refractivity contribution in [1.82, 2.24) is 0 Å². The number of nitrogens with zero attached hydrogens (tertiary/aromatic N) is 1. The van der Waals surface area contributed by atoms with Gasteiger partial charge < -0.3 is 10.4 Å². The second kappa shape index (κ2) is 9.53. The van der Waals surface area contributed by atoms with Crippen LogP contribution in [0.1, 0.15) is 11.1 Å². The Morgan fingerprint density at radius 3 is 2.47 bits per heavy atom. The molecule has 0 atom stereocenters. The summed E-state index contributed by atoms with van der Waals surface area (Å²) in [5.41, 5.74) is 0.842. The third-order valence-electron chi connectivity index (χ3n) is 4.89. The second-order valence-electron chi connectivity index (χ2n) is 7.19. The van der Waals surface area contributed by atoms with Gasteiger partial charge in [0.1, 0.15) is 0 Å². The first-order chi connectivity index (χ1) is 16.0. The third kappa shape index (κ3) is 5.04. The molecule has 12 heteroatoms. The molecular weight excluding hydrogens is 612 g/mol. The Hall–Kier alpha value is -2.67. The summed E-state index contributed by atoms with van der Waals surface area (Å²) in [7, 11) is -3.71. The average Bonchev–Trinajstić information content (AvgIpc) is 2.77. The number of amides is 1. The number of hydrogen-bond acceptors (Lipinski definition) is 7. The molecule has 0 saturated carbocycles. The molecule has 0 fully saturated rings. The first-order valence-electron chi connectivity index (χ1n) is 9.53. The number of phenols is 1. The molecule has 0 aromatic heterocycles. The standard InChI is InChI=1S/C22H14Br2N2O6S2/c23-15-2-1-3-16(24)14(15)11-34(31,32)13-5-7-20-17(10-13)25-22(28)21(33-20)9-12-4-6-19(27)18(8-12)26(29)30/h1-10,27H,11H2,(H,25,28)/b21-9-. The van der Waals surface area contributed by atoms with Crippen molar-refractivity contribution in [3.8, 4) is 5.75 Å². The predicted octanol–water partition coefficient (Wildman–Crippen LogP) is 5.88. The molecule has 0 aliphatic carbocycles. The summed E-state index contributed by atoms with van der Waals surface area (Å²) in [6, 6.07) is 13.6. The fraction of sp³-hybridized carbons (Fsp3) is 0.0455. The molecule has 34 heavy (non-hydrogen) atoms. The van der Waals surface area contributed by atoms with E-state index in [4.69, 9.17) is 0 Å². The van der Waals surface area contributed by atoms with E-state index in [1.165, 1.54) is 36.4 Å². The van der Waals surface area contributed by atoms with E-state index in [0.29, 0.717) is 30.7 Å². The molecule has 0 unspecified atom stereocenters. The lowest BCUT2D eigenvalue weighted by molar-refractivity contribution is -0.385. The number of sulfone groups is 1. The molecule has 3 aromatic carbocycles. The molecule has 3 aromatic rings. The van der Waals surface area contributed by atoms with Crippen LogP contribution < -0.4 is 5.32 Å². The highest BCUT2D eigenvalue weighted by atomic mass is 79.9. The van der Waals surface area contributed by atoms with Gasteiger partial charge in [-0.2, -0.15) is 0 Å². The Morgan fingerprint density at radius 2 is 1.79 bits per heavy atom. The molecule has 0 bridgehead atoms. The Labute approximate surface area is 215 Å². The third-order valence-corrected chi connectivity index (χ3v) is 9.12. The van der Waals surface area contributed by atoms with Crippen molar-refractivity contribution in [2.24, 2.45) is 0 Å². The number of aromatic hydroxyl groups is 1. The summed E-state index contributed by atoms with van der Waals surface area (Å²) in [5, 5.41) is 23.3. The highest BCUT2D eigenvalue weighted by Crippen LogP contribution is 2.41. The van der Waals surface area contributed by atoms with Crippen LogP contribution in [-0.4, -0.2) is 24.4 Å². The van der Waals surface area contributed by atoms with Gasteiger partial charge in [-0.1, -0.05) is 55.8 Å². The molecular formula is C22H14Br2N2O6S2. The summed E-state index contributed by atoms with van der Waals surface area (Å²) < 4.78 is 27.4. The van der Waals surface area contributed by atoms with Crippen molar-refractivity contribution >= 4 is 76.8 Å². The summed E-state index contributed by atoms with van der Waals surface area (Å²) in [6.45, 7) is 0. The van der Waals surface area contributed by atoms with Crippen LogP contribution in [0.4, 0.5) is 11.4 Å². The van der Waals surface area contributed by atoms with Gasteiger partial charge in [0, 0.05) is 19.9 Å². The maximum Gasteiger partial charge on any atom is 0.311 e. The van der Waals surface area contributed by atoms with Crippen molar-refractivity contribution in [3.05, 3.63) is 89.7 Å². The number of fused-ring (bicyclic) bond motifs is 1. The van der Waals surface area contributed by atoms with E-state index in [1.54, 1.807) is 24.3 Å². The van der Waals surface area contributed by atoms with Gasteiger partial charge in [-0.3, -0.25) is 14.9 Å².